The molecule has 2 rings (SSSR count). The van der Waals surface area contributed by atoms with E-state index in [1.807, 2.05) is 19.1 Å². The first-order valence-corrected chi connectivity index (χ1v) is 6.06. The van der Waals surface area contributed by atoms with Crippen molar-refractivity contribution in [1.82, 2.24) is 4.98 Å². The molecule has 96 valence electrons. The summed E-state index contributed by atoms with van der Waals surface area (Å²) in [5.41, 5.74) is 1.22. The number of pyridine rings is 1. The first kappa shape index (κ1) is 13.3. The summed E-state index contributed by atoms with van der Waals surface area (Å²) in [4.78, 5) is 4.08. The number of rotatable bonds is 3. The Morgan fingerprint density at radius 1 is 1.37 bits per heavy atom. The van der Waals surface area contributed by atoms with Crippen molar-refractivity contribution in [3.63, 3.8) is 0 Å². The van der Waals surface area contributed by atoms with E-state index in [0.717, 1.165) is 5.56 Å². The number of nitriles is 1. The van der Waals surface area contributed by atoms with Gasteiger partial charge in [-0.2, -0.15) is 5.26 Å². The Kier molecular flexibility index (Phi) is 3.98. The summed E-state index contributed by atoms with van der Waals surface area (Å²) >= 11 is 5.82. The van der Waals surface area contributed by atoms with E-state index in [1.165, 1.54) is 18.2 Å². The number of hydrogen-bond acceptors (Lipinski definition) is 3. The molecule has 0 saturated carbocycles. The van der Waals surface area contributed by atoms with Crippen LogP contribution >= 0.6 is 11.6 Å². The molecule has 3 nitrogen and oxygen atoms in total. The molecule has 0 amide bonds. The van der Waals surface area contributed by atoms with Crippen LogP contribution < -0.4 is 5.32 Å². The van der Waals surface area contributed by atoms with Gasteiger partial charge < -0.3 is 5.32 Å². The minimum Gasteiger partial charge on any atom is -0.363 e. The maximum atomic E-state index is 13.1. The van der Waals surface area contributed by atoms with Crippen molar-refractivity contribution in [2.24, 2.45) is 0 Å². The summed E-state index contributed by atoms with van der Waals surface area (Å²) in [5.74, 6) is 0.198. The molecule has 1 aromatic heterocycles. The number of hydrogen-bond donors (Lipinski definition) is 1. The van der Waals surface area contributed by atoms with Crippen molar-refractivity contribution >= 4 is 17.4 Å². The Morgan fingerprint density at radius 3 is 2.84 bits per heavy atom. The van der Waals surface area contributed by atoms with E-state index in [4.69, 9.17) is 16.9 Å². The van der Waals surface area contributed by atoms with Crippen molar-refractivity contribution in [1.29, 1.82) is 5.26 Å². The second-order valence-corrected chi connectivity index (χ2v) is 4.48. The second-order valence-electron chi connectivity index (χ2n) is 4.10. The van der Waals surface area contributed by atoms with Crippen molar-refractivity contribution < 1.29 is 4.39 Å². The van der Waals surface area contributed by atoms with Crippen LogP contribution in [0.3, 0.4) is 0 Å². The Balaban J connectivity index is 2.21. The predicted octanol–water partition coefficient (Wildman–Crippen LogP) is 3.92. The Hall–Kier alpha value is -2.12. The fraction of sp³-hybridized carbons (Fsp3) is 0.143. The summed E-state index contributed by atoms with van der Waals surface area (Å²) in [6.45, 7) is 1.88. The van der Waals surface area contributed by atoms with Gasteiger partial charge in [-0.25, -0.2) is 9.37 Å². The van der Waals surface area contributed by atoms with E-state index in [2.05, 4.69) is 10.3 Å². The van der Waals surface area contributed by atoms with E-state index >= 15 is 0 Å². The molecule has 5 heteroatoms. The van der Waals surface area contributed by atoms with Gasteiger partial charge in [0.25, 0.3) is 0 Å². The zero-order valence-electron chi connectivity index (χ0n) is 10.2. The van der Waals surface area contributed by atoms with E-state index in [-0.39, 0.29) is 17.0 Å². The largest absolute Gasteiger partial charge is 0.363 e. The van der Waals surface area contributed by atoms with Crippen LogP contribution in [0.4, 0.5) is 10.2 Å². The third-order valence-corrected chi connectivity index (χ3v) is 2.83. The van der Waals surface area contributed by atoms with Gasteiger partial charge in [0.05, 0.1) is 17.7 Å². The van der Waals surface area contributed by atoms with Crippen LogP contribution in [0.1, 0.15) is 24.1 Å². The zero-order valence-corrected chi connectivity index (χ0v) is 10.9. The fourth-order valence-electron chi connectivity index (χ4n) is 1.72. The molecular formula is C14H11ClFN3. The SMILES string of the molecule is CC(Nc1cc(C#N)cc(Cl)n1)c1cccc(F)c1. The average molecular weight is 276 g/mol. The molecule has 0 spiro atoms. The standard InChI is InChI=1S/C14H11ClFN3/c1-9(11-3-2-4-12(16)7-11)18-14-6-10(8-17)5-13(15)19-14/h2-7,9H,1H3,(H,18,19). The summed E-state index contributed by atoms with van der Waals surface area (Å²) in [6.07, 6.45) is 0. The maximum absolute atomic E-state index is 13.1. The molecule has 2 aromatic rings. The molecule has 0 radical (unpaired) electrons. The van der Waals surface area contributed by atoms with Crippen LogP contribution in [0.5, 0.6) is 0 Å². The van der Waals surface area contributed by atoms with Crippen LogP contribution in [0.15, 0.2) is 36.4 Å². The highest BCUT2D eigenvalue weighted by molar-refractivity contribution is 6.29. The van der Waals surface area contributed by atoms with Crippen LogP contribution in [0, 0.1) is 17.1 Å². The number of nitrogens with one attached hydrogen (secondary N) is 1. The van der Waals surface area contributed by atoms with Crippen molar-refractivity contribution in [3.05, 3.63) is 58.5 Å². The van der Waals surface area contributed by atoms with Crippen molar-refractivity contribution in [2.75, 3.05) is 5.32 Å². The normalized spacial score (nSPS) is 11.7. The van der Waals surface area contributed by atoms with Crippen molar-refractivity contribution in [2.45, 2.75) is 13.0 Å². The van der Waals surface area contributed by atoms with Gasteiger partial charge in [-0.3, -0.25) is 0 Å². The molecule has 0 bridgehead atoms. The van der Waals surface area contributed by atoms with Crippen LogP contribution in [0.25, 0.3) is 0 Å². The lowest BCUT2D eigenvalue weighted by Crippen LogP contribution is -2.08. The molecule has 1 heterocycles. The molecule has 0 aliphatic heterocycles. The molecule has 0 aliphatic rings. The zero-order chi connectivity index (χ0) is 13.8. The molecule has 0 fully saturated rings. The number of benzene rings is 1. The lowest BCUT2D eigenvalue weighted by molar-refractivity contribution is 0.623. The third kappa shape index (κ3) is 3.43. The predicted molar refractivity (Wildman–Crippen MR) is 72.4 cm³/mol. The number of nitrogens with zero attached hydrogens (tertiary/aromatic N) is 2. The quantitative estimate of drug-likeness (QED) is 0.864. The van der Waals surface area contributed by atoms with Gasteiger partial charge in [-0.1, -0.05) is 23.7 Å². The van der Waals surface area contributed by atoms with Gasteiger partial charge in [0.15, 0.2) is 0 Å². The topological polar surface area (TPSA) is 48.7 Å². The Morgan fingerprint density at radius 2 is 2.16 bits per heavy atom. The first-order valence-electron chi connectivity index (χ1n) is 5.68. The molecule has 1 N–H and O–H groups in total. The van der Waals surface area contributed by atoms with E-state index in [0.29, 0.717) is 11.4 Å². The van der Waals surface area contributed by atoms with E-state index in [9.17, 15) is 4.39 Å². The van der Waals surface area contributed by atoms with Gasteiger partial charge >= 0.3 is 0 Å². The molecule has 1 atom stereocenters. The van der Waals surface area contributed by atoms with E-state index in [1.54, 1.807) is 12.1 Å². The maximum Gasteiger partial charge on any atom is 0.132 e. The molecule has 19 heavy (non-hydrogen) atoms. The first-order chi connectivity index (χ1) is 9.08. The third-order valence-electron chi connectivity index (χ3n) is 2.64. The van der Waals surface area contributed by atoms with Gasteiger partial charge in [0.1, 0.15) is 16.8 Å². The second kappa shape index (κ2) is 5.68. The van der Waals surface area contributed by atoms with Gasteiger partial charge in [-0.15, -0.1) is 0 Å². The number of anilines is 1. The van der Waals surface area contributed by atoms with Gasteiger partial charge in [0.2, 0.25) is 0 Å². The summed E-state index contributed by atoms with van der Waals surface area (Å²) in [7, 11) is 0. The van der Waals surface area contributed by atoms with Gasteiger partial charge in [-0.05, 0) is 36.8 Å². The highest BCUT2D eigenvalue weighted by Crippen LogP contribution is 2.21. The Labute approximate surface area is 115 Å². The highest BCUT2D eigenvalue weighted by atomic mass is 35.5. The van der Waals surface area contributed by atoms with E-state index < -0.39 is 0 Å². The monoisotopic (exact) mass is 275 g/mol. The summed E-state index contributed by atoms with van der Waals surface area (Å²) in [5, 5.41) is 12.2. The number of aromatic nitrogens is 1. The summed E-state index contributed by atoms with van der Waals surface area (Å²) in [6, 6.07) is 11.3. The lowest BCUT2D eigenvalue weighted by atomic mass is 10.1. The minimum atomic E-state index is -0.289. The van der Waals surface area contributed by atoms with Crippen molar-refractivity contribution in [3.8, 4) is 6.07 Å². The smallest absolute Gasteiger partial charge is 0.132 e. The summed E-state index contributed by atoms with van der Waals surface area (Å²) < 4.78 is 13.1. The van der Waals surface area contributed by atoms with Crippen LogP contribution in [-0.2, 0) is 0 Å². The molecule has 1 aromatic carbocycles. The average Bonchev–Trinajstić information content (AvgIpc) is 2.38. The minimum absolute atomic E-state index is 0.145. The molecule has 0 saturated heterocycles. The van der Waals surface area contributed by atoms with Crippen LogP contribution in [-0.4, -0.2) is 4.98 Å². The highest BCUT2D eigenvalue weighted by Gasteiger charge is 2.08. The molecular weight excluding hydrogens is 265 g/mol. The lowest BCUT2D eigenvalue weighted by Gasteiger charge is -2.15. The molecule has 1 unspecified atom stereocenters. The van der Waals surface area contributed by atoms with Gasteiger partial charge in [0, 0.05) is 0 Å². The fourth-order valence-corrected chi connectivity index (χ4v) is 1.93. The van der Waals surface area contributed by atoms with Crippen LogP contribution in [0.2, 0.25) is 5.15 Å². The Bertz CT molecular complexity index is 637. The number of halogens is 2. The molecule has 0 aliphatic carbocycles.